The lowest BCUT2D eigenvalue weighted by atomic mass is 9.95. The summed E-state index contributed by atoms with van der Waals surface area (Å²) in [5, 5.41) is 6.91. The smallest absolute Gasteiger partial charge is 0.254 e. The maximum atomic E-state index is 13.4. The largest absolute Gasteiger partial charge is 0.348 e. The summed E-state index contributed by atoms with van der Waals surface area (Å²) in [6, 6.07) is 13.1. The first-order chi connectivity index (χ1) is 13.8. The lowest BCUT2D eigenvalue weighted by Crippen LogP contribution is -2.40. The van der Waals surface area contributed by atoms with Gasteiger partial charge in [0, 0.05) is 42.8 Å². The highest BCUT2D eigenvalue weighted by atomic mass is 16.2. The molecule has 1 aromatic carbocycles. The van der Waals surface area contributed by atoms with Gasteiger partial charge in [-0.3, -0.25) is 14.9 Å². The fourth-order valence-corrected chi connectivity index (χ4v) is 3.75. The fourth-order valence-electron chi connectivity index (χ4n) is 3.75. The number of rotatable bonds is 3. The van der Waals surface area contributed by atoms with Gasteiger partial charge in [0.15, 0.2) is 0 Å². The van der Waals surface area contributed by atoms with Crippen LogP contribution in [-0.2, 0) is 6.42 Å². The zero-order valence-corrected chi connectivity index (χ0v) is 15.0. The molecule has 3 aromatic heterocycles. The van der Waals surface area contributed by atoms with Gasteiger partial charge < -0.3 is 9.88 Å². The Hall–Kier alpha value is -3.74. The molecule has 1 aliphatic heterocycles. The van der Waals surface area contributed by atoms with Crippen molar-refractivity contribution in [3.05, 3.63) is 89.9 Å². The van der Waals surface area contributed by atoms with E-state index in [1.54, 1.807) is 24.9 Å². The van der Waals surface area contributed by atoms with E-state index in [9.17, 15) is 4.79 Å². The van der Waals surface area contributed by atoms with Crippen molar-refractivity contribution >= 4 is 5.91 Å². The molecule has 0 spiro atoms. The van der Waals surface area contributed by atoms with Gasteiger partial charge in [0.2, 0.25) is 0 Å². The number of amides is 1. The molecule has 0 unspecified atom stereocenters. The van der Waals surface area contributed by atoms with E-state index in [4.69, 9.17) is 0 Å². The minimum absolute atomic E-state index is 0.0151. The highest BCUT2D eigenvalue weighted by Gasteiger charge is 2.34. The van der Waals surface area contributed by atoms with Gasteiger partial charge in [-0.1, -0.05) is 18.2 Å². The quantitative estimate of drug-likeness (QED) is 0.580. The molecule has 0 fully saturated rings. The number of pyridine rings is 1. The lowest BCUT2D eigenvalue weighted by Gasteiger charge is -2.35. The first kappa shape index (κ1) is 16.4. The van der Waals surface area contributed by atoms with Crippen LogP contribution in [0.2, 0.25) is 0 Å². The number of nitrogens with zero attached hydrogens (tertiary/aromatic N) is 4. The van der Waals surface area contributed by atoms with Crippen molar-refractivity contribution in [3.8, 4) is 11.3 Å². The van der Waals surface area contributed by atoms with E-state index in [0.717, 1.165) is 34.6 Å². The maximum Gasteiger partial charge on any atom is 0.254 e. The zero-order valence-electron chi connectivity index (χ0n) is 15.0. The first-order valence-electron chi connectivity index (χ1n) is 9.14. The van der Waals surface area contributed by atoms with Crippen LogP contribution in [0.25, 0.3) is 11.3 Å². The van der Waals surface area contributed by atoms with Crippen LogP contribution in [0.4, 0.5) is 0 Å². The van der Waals surface area contributed by atoms with Crippen molar-refractivity contribution in [1.29, 1.82) is 0 Å². The highest BCUT2D eigenvalue weighted by molar-refractivity contribution is 5.95. The molecule has 4 heterocycles. The normalized spacial score (nSPS) is 16.0. The Kier molecular flexibility index (Phi) is 3.97. The Morgan fingerprint density at radius 2 is 2.00 bits per heavy atom. The summed E-state index contributed by atoms with van der Waals surface area (Å²) in [5.74, 6) is -0.0151. The van der Waals surface area contributed by atoms with Crippen LogP contribution in [0.1, 0.15) is 33.4 Å². The number of carbonyl (C=O) groups is 1. The molecule has 28 heavy (non-hydrogen) atoms. The van der Waals surface area contributed by atoms with E-state index in [2.05, 4.69) is 25.1 Å². The van der Waals surface area contributed by atoms with Crippen LogP contribution in [0.15, 0.2) is 67.4 Å². The number of fused-ring (bicyclic) bond motifs is 1. The van der Waals surface area contributed by atoms with Crippen molar-refractivity contribution in [3.63, 3.8) is 0 Å². The molecule has 0 saturated heterocycles. The van der Waals surface area contributed by atoms with Crippen LogP contribution in [-0.4, -0.2) is 42.5 Å². The van der Waals surface area contributed by atoms with Crippen molar-refractivity contribution in [2.24, 2.45) is 0 Å². The van der Waals surface area contributed by atoms with Gasteiger partial charge >= 0.3 is 0 Å². The molecule has 7 nitrogen and oxygen atoms in total. The van der Waals surface area contributed by atoms with E-state index in [0.29, 0.717) is 12.1 Å². The minimum Gasteiger partial charge on any atom is -0.348 e. The van der Waals surface area contributed by atoms with Gasteiger partial charge in [-0.25, -0.2) is 4.98 Å². The van der Waals surface area contributed by atoms with Gasteiger partial charge in [0.1, 0.15) is 6.04 Å². The summed E-state index contributed by atoms with van der Waals surface area (Å²) in [6.45, 7) is 0.621. The van der Waals surface area contributed by atoms with Gasteiger partial charge in [0.25, 0.3) is 5.91 Å². The lowest BCUT2D eigenvalue weighted by molar-refractivity contribution is 0.0690. The van der Waals surface area contributed by atoms with Crippen LogP contribution in [0.3, 0.4) is 0 Å². The standard InChI is InChI=1S/C21H18N6O/c28-21(15-5-3-14(4-6-15)17-7-10-25-26-17)27-11-8-18-19(24-13-23-18)20(27)16-2-1-9-22-12-16/h1-7,9-10,12-13,20H,8,11H2,(H,23,24)(H,25,26)/t20-/m1/s1. The molecule has 4 aromatic rings. The Labute approximate surface area is 161 Å². The number of hydrogen-bond donors (Lipinski definition) is 2. The van der Waals surface area contributed by atoms with E-state index >= 15 is 0 Å². The topological polar surface area (TPSA) is 90.6 Å². The third kappa shape index (κ3) is 2.77. The van der Waals surface area contributed by atoms with Crippen molar-refractivity contribution < 1.29 is 4.79 Å². The molecule has 1 amide bonds. The van der Waals surface area contributed by atoms with Gasteiger partial charge in [-0.2, -0.15) is 5.10 Å². The molecule has 5 rings (SSSR count). The number of aromatic amines is 2. The molecule has 0 radical (unpaired) electrons. The second-order valence-electron chi connectivity index (χ2n) is 6.75. The Balaban J connectivity index is 1.49. The second kappa shape index (κ2) is 6.77. The fraction of sp³-hybridized carbons (Fsp3) is 0.143. The average Bonchev–Trinajstić information content (AvgIpc) is 3.45. The Bertz CT molecular complexity index is 1090. The van der Waals surface area contributed by atoms with Crippen LogP contribution in [0, 0.1) is 0 Å². The second-order valence-corrected chi connectivity index (χ2v) is 6.75. The summed E-state index contributed by atoms with van der Waals surface area (Å²) >= 11 is 0. The van der Waals surface area contributed by atoms with Crippen molar-refractivity contribution in [1.82, 2.24) is 30.0 Å². The molecule has 7 heteroatoms. The predicted octanol–water partition coefficient (Wildman–Crippen LogP) is 2.98. The van der Waals surface area contributed by atoms with Gasteiger partial charge in [-0.15, -0.1) is 0 Å². The average molecular weight is 370 g/mol. The molecule has 2 N–H and O–H groups in total. The van der Waals surface area contributed by atoms with Gasteiger partial charge in [-0.05, 0) is 35.4 Å². The summed E-state index contributed by atoms with van der Waals surface area (Å²) in [7, 11) is 0. The van der Waals surface area contributed by atoms with E-state index in [1.165, 1.54) is 0 Å². The van der Waals surface area contributed by atoms with Gasteiger partial charge in [0.05, 0.1) is 17.7 Å². The number of imidazole rings is 1. The van der Waals surface area contributed by atoms with Crippen molar-refractivity contribution in [2.45, 2.75) is 12.5 Å². The predicted molar refractivity (Wildman–Crippen MR) is 103 cm³/mol. The number of H-pyrrole nitrogens is 2. The molecule has 0 bridgehead atoms. The molecule has 0 saturated carbocycles. The molecule has 138 valence electrons. The number of aromatic nitrogens is 5. The van der Waals surface area contributed by atoms with Crippen LogP contribution < -0.4 is 0 Å². The molecule has 0 aliphatic carbocycles. The summed E-state index contributed by atoms with van der Waals surface area (Å²) < 4.78 is 0. The Morgan fingerprint density at radius 3 is 2.75 bits per heavy atom. The SMILES string of the molecule is O=C(c1ccc(-c2ccn[nH]2)cc1)N1CCc2[nH]cnc2[C@H]1c1cccnc1. The zero-order chi connectivity index (χ0) is 18.9. The monoisotopic (exact) mass is 370 g/mol. The maximum absolute atomic E-state index is 13.4. The van der Waals surface area contributed by atoms with Crippen molar-refractivity contribution in [2.75, 3.05) is 6.54 Å². The Morgan fingerprint density at radius 1 is 1.11 bits per heavy atom. The first-order valence-corrected chi connectivity index (χ1v) is 9.14. The third-order valence-electron chi connectivity index (χ3n) is 5.13. The number of nitrogens with one attached hydrogen (secondary N) is 2. The third-order valence-corrected chi connectivity index (χ3v) is 5.13. The summed E-state index contributed by atoms with van der Waals surface area (Å²) in [4.78, 5) is 27.2. The molecule has 1 aliphatic rings. The molecule has 1 atom stereocenters. The summed E-state index contributed by atoms with van der Waals surface area (Å²) in [6.07, 6.45) is 7.70. The van der Waals surface area contributed by atoms with Crippen LogP contribution >= 0.6 is 0 Å². The number of benzene rings is 1. The molecular weight excluding hydrogens is 352 g/mol. The van der Waals surface area contributed by atoms with Crippen LogP contribution in [0.5, 0.6) is 0 Å². The number of carbonyl (C=O) groups excluding carboxylic acids is 1. The van der Waals surface area contributed by atoms with E-state index in [1.807, 2.05) is 47.4 Å². The number of hydrogen-bond acceptors (Lipinski definition) is 4. The summed E-state index contributed by atoms with van der Waals surface area (Å²) in [5.41, 5.74) is 5.49. The minimum atomic E-state index is -0.247. The highest BCUT2D eigenvalue weighted by Crippen LogP contribution is 2.34. The molecular formula is C21H18N6O. The van der Waals surface area contributed by atoms with E-state index < -0.39 is 0 Å². The van der Waals surface area contributed by atoms with E-state index in [-0.39, 0.29) is 11.9 Å².